The SMILES string of the molecule is C[C@@H](NC(=O)CCNC(=O)c1ccco1)[C@H]1C[C@H]2CC[C@H]1C2. The lowest BCUT2D eigenvalue weighted by Gasteiger charge is -2.28. The van der Waals surface area contributed by atoms with Crippen molar-refractivity contribution < 1.29 is 14.0 Å². The van der Waals surface area contributed by atoms with Gasteiger partial charge in [0.25, 0.3) is 5.91 Å². The number of hydrogen-bond acceptors (Lipinski definition) is 3. The molecule has 2 bridgehead atoms. The molecule has 3 rings (SSSR count). The smallest absolute Gasteiger partial charge is 0.286 e. The third-order valence-corrected chi connectivity index (χ3v) is 5.21. The van der Waals surface area contributed by atoms with Gasteiger partial charge in [-0.2, -0.15) is 0 Å². The van der Waals surface area contributed by atoms with Crippen molar-refractivity contribution in [1.29, 1.82) is 0 Å². The van der Waals surface area contributed by atoms with E-state index in [0.717, 1.165) is 11.8 Å². The van der Waals surface area contributed by atoms with E-state index in [4.69, 9.17) is 4.42 Å². The Morgan fingerprint density at radius 3 is 2.86 bits per heavy atom. The average Bonchev–Trinajstić information content (AvgIpc) is 3.23. The van der Waals surface area contributed by atoms with E-state index in [1.54, 1.807) is 12.1 Å². The normalized spacial score (nSPS) is 27.6. The molecule has 0 aliphatic heterocycles. The summed E-state index contributed by atoms with van der Waals surface area (Å²) in [4.78, 5) is 23.7. The Labute approximate surface area is 130 Å². The van der Waals surface area contributed by atoms with E-state index in [-0.39, 0.29) is 23.6 Å². The molecule has 5 nitrogen and oxygen atoms in total. The van der Waals surface area contributed by atoms with Crippen molar-refractivity contribution in [2.75, 3.05) is 6.54 Å². The highest BCUT2D eigenvalue weighted by molar-refractivity contribution is 5.91. The summed E-state index contributed by atoms with van der Waals surface area (Å²) in [5.41, 5.74) is 0. The maximum Gasteiger partial charge on any atom is 0.286 e. The zero-order valence-electron chi connectivity index (χ0n) is 13.0. The zero-order valence-corrected chi connectivity index (χ0v) is 13.0. The fourth-order valence-corrected chi connectivity index (χ4v) is 4.12. The lowest BCUT2D eigenvalue weighted by molar-refractivity contribution is -0.122. The quantitative estimate of drug-likeness (QED) is 0.847. The first kappa shape index (κ1) is 15.1. The van der Waals surface area contributed by atoms with Gasteiger partial charge in [-0.1, -0.05) is 6.42 Å². The van der Waals surface area contributed by atoms with Gasteiger partial charge in [-0.25, -0.2) is 0 Å². The van der Waals surface area contributed by atoms with Crippen LogP contribution in [0.3, 0.4) is 0 Å². The van der Waals surface area contributed by atoms with Crippen molar-refractivity contribution in [3.05, 3.63) is 24.2 Å². The molecule has 1 aromatic rings. The minimum atomic E-state index is -0.279. The predicted octanol–water partition coefficient (Wildman–Crippen LogP) is 2.34. The van der Waals surface area contributed by atoms with Crippen molar-refractivity contribution in [2.24, 2.45) is 17.8 Å². The van der Waals surface area contributed by atoms with Crippen LogP contribution in [0.15, 0.2) is 22.8 Å². The monoisotopic (exact) mass is 304 g/mol. The molecule has 2 aliphatic rings. The molecule has 0 aromatic carbocycles. The summed E-state index contributed by atoms with van der Waals surface area (Å²) in [6.45, 7) is 2.44. The first-order chi connectivity index (χ1) is 10.6. The lowest BCUT2D eigenvalue weighted by atomic mass is 9.84. The fourth-order valence-electron chi connectivity index (χ4n) is 4.12. The maximum absolute atomic E-state index is 12.0. The van der Waals surface area contributed by atoms with Gasteiger partial charge < -0.3 is 15.1 Å². The summed E-state index contributed by atoms with van der Waals surface area (Å²) >= 11 is 0. The number of nitrogens with one attached hydrogen (secondary N) is 2. The van der Waals surface area contributed by atoms with Gasteiger partial charge in [-0.3, -0.25) is 9.59 Å². The van der Waals surface area contributed by atoms with E-state index in [1.807, 2.05) is 0 Å². The molecule has 2 aliphatic carbocycles. The second-order valence-electron chi connectivity index (χ2n) is 6.68. The van der Waals surface area contributed by atoms with E-state index >= 15 is 0 Å². The number of carbonyl (C=O) groups is 2. The molecule has 0 radical (unpaired) electrons. The number of rotatable bonds is 6. The van der Waals surface area contributed by atoms with Gasteiger partial charge >= 0.3 is 0 Å². The highest BCUT2D eigenvalue weighted by Gasteiger charge is 2.42. The zero-order chi connectivity index (χ0) is 15.5. The summed E-state index contributed by atoms with van der Waals surface area (Å²) in [7, 11) is 0. The molecular weight excluding hydrogens is 280 g/mol. The molecule has 2 amide bonds. The summed E-state index contributed by atoms with van der Waals surface area (Å²) < 4.78 is 5.00. The van der Waals surface area contributed by atoms with Crippen LogP contribution in [-0.4, -0.2) is 24.4 Å². The van der Waals surface area contributed by atoms with Crippen LogP contribution < -0.4 is 10.6 Å². The number of furan rings is 1. The van der Waals surface area contributed by atoms with Crippen LogP contribution in [0.5, 0.6) is 0 Å². The molecule has 22 heavy (non-hydrogen) atoms. The highest BCUT2D eigenvalue weighted by Crippen LogP contribution is 2.49. The van der Waals surface area contributed by atoms with Crippen molar-refractivity contribution in [3.8, 4) is 0 Å². The van der Waals surface area contributed by atoms with Crippen molar-refractivity contribution in [1.82, 2.24) is 10.6 Å². The average molecular weight is 304 g/mol. The van der Waals surface area contributed by atoms with Crippen LogP contribution in [0, 0.1) is 17.8 Å². The topological polar surface area (TPSA) is 71.3 Å². The van der Waals surface area contributed by atoms with Crippen LogP contribution in [0.4, 0.5) is 0 Å². The first-order valence-electron chi connectivity index (χ1n) is 8.24. The van der Waals surface area contributed by atoms with Crippen LogP contribution in [0.2, 0.25) is 0 Å². The third-order valence-electron chi connectivity index (χ3n) is 5.21. The Morgan fingerprint density at radius 2 is 2.23 bits per heavy atom. The third kappa shape index (κ3) is 3.34. The van der Waals surface area contributed by atoms with E-state index in [0.29, 0.717) is 18.9 Å². The highest BCUT2D eigenvalue weighted by atomic mass is 16.3. The Morgan fingerprint density at radius 1 is 1.36 bits per heavy atom. The van der Waals surface area contributed by atoms with Crippen molar-refractivity contribution in [2.45, 2.75) is 45.1 Å². The van der Waals surface area contributed by atoms with Gasteiger partial charge in [0, 0.05) is 19.0 Å². The molecule has 5 heteroatoms. The van der Waals surface area contributed by atoms with Gasteiger partial charge in [0.15, 0.2) is 5.76 Å². The Bertz CT molecular complexity index is 526. The molecule has 2 N–H and O–H groups in total. The van der Waals surface area contributed by atoms with Gasteiger partial charge in [0.1, 0.15) is 0 Å². The molecule has 4 atom stereocenters. The molecule has 2 saturated carbocycles. The minimum Gasteiger partial charge on any atom is -0.459 e. The van der Waals surface area contributed by atoms with Gasteiger partial charge in [0.05, 0.1) is 6.26 Å². The first-order valence-corrected chi connectivity index (χ1v) is 8.24. The summed E-state index contributed by atoms with van der Waals surface area (Å²) in [5.74, 6) is 2.34. The predicted molar refractivity (Wildman–Crippen MR) is 82.2 cm³/mol. The Kier molecular flexibility index (Phi) is 4.50. The summed E-state index contributed by atoms with van der Waals surface area (Å²) in [6, 6.07) is 3.51. The van der Waals surface area contributed by atoms with E-state index in [9.17, 15) is 9.59 Å². The van der Waals surface area contributed by atoms with Crippen molar-refractivity contribution in [3.63, 3.8) is 0 Å². The molecule has 0 spiro atoms. The second-order valence-corrected chi connectivity index (χ2v) is 6.68. The summed E-state index contributed by atoms with van der Waals surface area (Å²) in [6.07, 6.45) is 7.08. The van der Waals surface area contributed by atoms with E-state index in [1.165, 1.54) is 31.9 Å². The molecule has 0 unspecified atom stereocenters. The van der Waals surface area contributed by atoms with Crippen LogP contribution >= 0.6 is 0 Å². The number of fused-ring (bicyclic) bond motifs is 2. The molecule has 1 heterocycles. The van der Waals surface area contributed by atoms with Gasteiger partial charge in [-0.05, 0) is 56.1 Å². The molecular formula is C17H24N2O3. The molecule has 0 saturated heterocycles. The Balaban J connectivity index is 1.36. The van der Waals surface area contributed by atoms with Crippen LogP contribution in [0.25, 0.3) is 0 Å². The van der Waals surface area contributed by atoms with Crippen LogP contribution in [-0.2, 0) is 4.79 Å². The van der Waals surface area contributed by atoms with Gasteiger partial charge in [-0.15, -0.1) is 0 Å². The van der Waals surface area contributed by atoms with E-state index < -0.39 is 0 Å². The lowest BCUT2D eigenvalue weighted by Crippen LogP contribution is -2.41. The molecule has 120 valence electrons. The molecule has 1 aromatic heterocycles. The van der Waals surface area contributed by atoms with Crippen LogP contribution in [0.1, 0.15) is 49.6 Å². The molecule has 2 fully saturated rings. The van der Waals surface area contributed by atoms with E-state index in [2.05, 4.69) is 17.6 Å². The Hall–Kier alpha value is -1.78. The second kappa shape index (κ2) is 6.55. The standard InChI is InChI=1S/C17H24N2O3/c1-11(14-10-12-4-5-13(14)9-12)19-16(20)6-7-18-17(21)15-3-2-8-22-15/h2-3,8,11-14H,4-7,9-10H2,1H3,(H,18,21)(H,19,20)/t11-,12+,13+,14-/m1/s1. The number of carbonyl (C=O) groups excluding carboxylic acids is 2. The largest absolute Gasteiger partial charge is 0.459 e. The number of hydrogen-bond donors (Lipinski definition) is 2. The van der Waals surface area contributed by atoms with Gasteiger partial charge in [0.2, 0.25) is 5.91 Å². The fraction of sp³-hybridized carbons (Fsp3) is 0.647. The maximum atomic E-state index is 12.0. The minimum absolute atomic E-state index is 0.00928. The van der Waals surface area contributed by atoms with Crippen molar-refractivity contribution >= 4 is 11.8 Å². The summed E-state index contributed by atoms with van der Waals surface area (Å²) in [5, 5.41) is 5.79. The number of amides is 2.